The molecule has 4 nitrogen and oxygen atoms in total. The van der Waals surface area contributed by atoms with E-state index in [1.165, 1.54) is 0 Å². The van der Waals surface area contributed by atoms with Gasteiger partial charge in [0.15, 0.2) is 0 Å². The van der Waals surface area contributed by atoms with Crippen LogP contribution in [-0.2, 0) is 14.4 Å². The maximum atomic E-state index is 12.0. The van der Waals surface area contributed by atoms with E-state index in [-0.39, 0.29) is 36.0 Å². The Morgan fingerprint density at radius 1 is 1.25 bits per heavy atom. The zero-order valence-corrected chi connectivity index (χ0v) is 9.73. The van der Waals surface area contributed by atoms with E-state index in [0.29, 0.717) is 5.92 Å². The normalized spacial score (nSPS) is 34.1. The molecule has 2 aliphatic rings. The summed E-state index contributed by atoms with van der Waals surface area (Å²) in [6, 6.07) is 0. The topological polar surface area (TPSA) is 54.5 Å². The SMILES string of the molecule is CCC(=O)N1C(=O)C2CCC(C)CC2C1=O. The van der Waals surface area contributed by atoms with E-state index in [4.69, 9.17) is 0 Å². The van der Waals surface area contributed by atoms with E-state index in [2.05, 4.69) is 6.92 Å². The highest BCUT2D eigenvalue weighted by Crippen LogP contribution is 2.40. The molecule has 0 aromatic carbocycles. The van der Waals surface area contributed by atoms with Gasteiger partial charge in [0.2, 0.25) is 17.7 Å². The molecular formula is C12H17NO3. The fourth-order valence-corrected chi connectivity index (χ4v) is 2.79. The van der Waals surface area contributed by atoms with E-state index in [1.807, 2.05) is 0 Å². The Morgan fingerprint density at radius 2 is 1.88 bits per heavy atom. The van der Waals surface area contributed by atoms with Gasteiger partial charge < -0.3 is 0 Å². The van der Waals surface area contributed by atoms with Crippen LogP contribution in [0.15, 0.2) is 0 Å². The average Bonchev–Trinajstić information content (AvgIpc) is 2.51. The van der Waals surface area contributed by atoms with Crippen LogP contribution in [0.1, 0.15) is 39.5 Å². The molecule has 0 aromatic rings. The van der Waals surface area contributed by atoms with Crippen molar-refractivity contribution in [2.24, 2.45) is 17.8 Å². The average molecular weight is 223 g/mol. The molecule has 16 heavy (non-hydrogen) atoms. The number of amides is 3. The lowest BCUT2D eigenvalue weighted by Gasteiger charge is -2.25. The van der Waals surface area contributed by atoms with Gasteiger partial charge in [-0.05, 0) is 25.2 Å². The molecule has 1 saturated carbocycles. The Labute approximate surface area is 95.0 Å². The first-order valence-electron chi connectivity index (χ1n) is 5.96. The third-order valence-corrected chi connectivity index (χ3v) is 3.74. The molecule has 0 spiro atoms. The van der Waals surface area contributed by atoms with Crippen molar-refractivity contribution in [3.63, 3.8) is 0 Å². The minimum atomic E-state index is -0.350. The lowest BCUT2D eigenvalue weighted by atomic mass is 9.76. The lowest BCUT2D eigenvalue weighted by Crippen LogP contribution is -2.36. The number of likely N-dealkylation sites (tertiary alicyclic amines) is 1. The monoisotopic (exact) mass is 223 g/mol. The quantitative estimate of drug-likeness (QED) is 0.630. The number of hydrogen-bond donors (Lipinski definition) is 0. The zero-order valence-electron chi connectivity index (χ0n) is 9.73. The zero-order chi connectivity index (χ0) is 11.9. The van der Waals surface area contributed by atoms with Crippen molar-refractivity contribution in [2.75, 3.05) is 0 Å². The number of carbonyl (C=O) groups excluding carboxylic acids is 3. The second-order valence-corrected chi connectivity index (χ2v) is 4.89. The van der Waals surface area contributed by atoms with Gasteiger partial charge in [0.1, 0.15) is 0 Å². The minimum absolute atomic E-state index is 0.215. The first-order valence-corrected chi connectivity index (χ1v) is 5.96. The molecule has 0 radical (unpaired) electrons. The maximum absolute atomic E-state index is 12.0. The Hall–Kier alpha value is -1.19. The van der Waals surface area contributed by atoms with Crippen molar-refractivity contribution < 1.29 is 14.4 Å². The van der Waals surface area contributed by atoms with Crippen LogP contribution in [0.2, 0.25) is 0 Å². The summed E-state index contributed by atoms with van der Waals surface area (Å²) < 4.78 is 0. The van der Waals surface area contributed by atoms with Crippen molar-refractivity contribution in [1.82, 2.24) is 4.90 Å². The van der Waals surface area contributed by atoms with Crippen LogP contribution >= 0.6 is 0 Å². The molecular weight excluding hydrogens is 206 g/mol. The molecule has 3 unspecified atom stereocenters. The van der Waals surface area contributed by atoms with Gasteiger partial charge in [0.25, 0.3) is 0 Å². The summed E-state index contributed by atoms with van der Waals surface area (Å²) >= 11 is 0. The molecule has 1 saturated heterocycles. The van der Waals surface area contributed by atoms with Gasteiger partial charge in [0, 0.05) is 6.42 Å². The molecule has 2 rings (SSSR count). The van der Waals surface area contributed by atoms with Gasteiger partial charge >= 0.3 is 0 Å². The second kappa shape index (κ2) is 4.00. The molecule has 3 atom stereocenters. The number of rotatable bonds is 1. The molecule has 4 heteroatoms. The fraction of sp³-hybridized carbons (Fsp3) is 0.750. The largest absolute Gasteiger partial charge is 0.274 e. The van der Waals surface area contributed by atoms with Gasteiger partial charge in [0.05, 0.1) is 11.8 Å². The smallest absolute Gasteiger partial charge is 0.239 e. The third-order valence-electron chi connectivity index (χ3n) is 3.74. The summed E-state index contributed by atoms with van der Waals surface area (Å²) in [5.74, 6) is -0.833. The van der Waals surface area contributed by atoms with Crippen molar-refractivity contribution in [2.45, 2.75) is 39.5 Å². The molecule has 88 valence electrons. The van der Waals surface area contributed by atoms with E-state index in [9.17, 15) is 14.4 Å². The molecule has 0 bridgehead atoms. The Bertz CT molecular complexity index is 350. The first kappa shape index (κ1) is 11.3. The number of imide groups is 3. The van der Waals surface area contributed by atoms with Crippen LogP contribution in [0.5, 0.6) is 0 Å². The summed E-state index contributed by atoms with van der Waals surface area (Å²) in [5, 5.41) is 0. The van der Waals surface area contributed by atoms with Gasteiger partial charge in [-0.3, -0.25) is 14.4 Å². The van der Waals surface area contributed by atoms with E-state index in [0.717, 1.165) is 24.2 Å². The van der Waals surface area contributed by atoms with Crippen molar-refractivity contribution in [1.29, 1.82) is 0 Å². The van der Waals surface area contributed by atoms with Crippen molar-refractivity contribution in [3.8, 4) is 0 Å². The highest BCUT2D eigenvalue weighted by Gasteiger charge is 2.51. The van der Waals surface area contributed by atoms with Crippen molar-refractivity contribution >= 4 is 17.7 Å². The first-order chi connectivity index (χ1) is 7.56. The molecule has 0 N–H and O–H groups in total. The maximum Gasteiger partial charge on any atom is 0.239 e. The predicted octanol–water partition coefficient (Wildman–Crippen LogP) is 1.34. The highest BCUT2D eigenvalue weighted by atomic mass is 16.2. The molecule has 1 heterocycles. The molecule has 2 fully saturated rings. The molecule has 3 amide bonds. The van der Waals surface area contributed by atoms with Gasteiger partial charge in [-0.1, -0.05) is 13.8 Å². The van der Waals surface area contributed by atoms with Gasteiger partial charge in [-0.15, -0.1) is 0 Å². The second-order valence-electron chi connectivity index (χ2n) is 4.89. The molecule has 1 aliphatic heterocycles. The fourth-order valence-electron chi connectivity index (χ4n) is 2.79. The van der Waals surface area contributed by atoms with Crippen LogP contribution in [0.3, 0.4) is 0 Å². The van der Waals surface area contributed by atoms with Crippen LogP contribution < -0.4 is 0 Å². The van der Waals surface area contributed by atoms with Gasteiger partial charge in [-0.25, -0.2) is 4.90 Å². The summed E-state index contributed by atoms with van der Waals surface area (Å²) in [7, 11) is 0. The Morgan fingerprint density at radius 3 is 2.50 bits per heavy atom. The number of fused-ring (bicyclic) bond motifs is 1. The van der Waals surface area contributed by atoms with Gasteiger partial charge in [-0.2, -0.15) is 0 Å². The summed E-state index contributed by atoms with van der Waals surface area (Å²) in [6.45, 7) is 3.77. The van der Waals surface area contributed by atoms with Crippen LogP contribution in [0.4, 0.5) is 0 Å². The number of nitrogens with zero attached hydrogens (tertiary/aromatic N) is 1. The highest BCUT2D eigenvalue weighted by molar-refractivity contribution is 6.17. The van der Waals surface area contributed by atoms with E-state index >= 15 is 0 Å². The molecule has 0 aromatic heterocycles. The summed E-state index contributed by atoms with van der Waals surface area (Å²) in [6.07, 6.45) is 2.70. The van der Waals surface area contributed by atoms with Crippen LogP contribution in [0, 0.1) is 17.8 Å². The van der Waals surface area contributed by atoms with Crippen molar-refractivity contribution in [3.05, 3.63) is 0 Å². The predicted molar refractivity (Wildman–Crippen MR) is 57.1 cm³/mol. The standard InChI is InChI=1S/C12H17NO3/c1-3-10(14)13-11(15)8-5-4-7(2)6-9(8)12(13)16/h7-9H,3-6H2,1-2H3. The summed E-state index contributed by atoms with van der Waals surface area (Å²) in [5.41, 5.74) is 0. The van der Waals surface area contributed by atoms with Crippen LogP contribution in [-0.4, -0.2) is 22.6 Å². The number of hydrogen-bond acceptors (Lipinski definition) is 3. The lowest BCUT2D eigenvalue weighted by molar-refractivity contribution is -0.150. The van der Waals surface area contributed by atoms with Crippen LogP contribution in [0.25, 0.3) is 0 Å². The third kappa shape index (κ3) is 1.56. The van der Waals surface area contributed by atoms with E-state index in [1.54, 1.807) is 6.92 Å². The Kier molecular flexibility index (Phi) is 2.82. The minimum Gasteiger partial charge on any atom is -0.274 e. The Balaban J connectivity index is 2.24. The molecule has 1 aliphatic carbocycles. The summed E-state index contributed by atoms with van der Waals surface area (Å²) in [4.78, 5) is 36.4. The van der Waals surface area contributed by atoms with E-state index < -0.39 is 0 Å². The number of carbonyl (C=O) groups is 3.